The first-order chi connectivity index (χ1) is 16.1. The molecule has 4 rings (SSSR count). The normalized spacial score (nSPS) is 28.4. The molecule has 0 saturated carbocycles. The fraction of sp³-hybridized carbons (Fsp3) is 0.647. The van der Waals surface area contributed by atoms with Crippen LogP contribution in [-0.2, 0) is 28.3 Å². The maximum absolute atomic E-state index is 11.9. The van der Waals surface area contributed by atoms with Crippen LogP contribution in [0.15, 0.2) is 6.33 Å². The van der Waals surface area contributed by atoms with E-state index in [1.165, 1.54) is 17.8 Å². The highest BCUT2D eigenvalue weighted by molar-refractivity contribution is 7.53. The van der Waals surface area contributed by atoms with E-state index in [1.807, 2.05) is 0 Å². The molecule has 2 aromatic heterocycles. The summed E-state index contributed by atoms with van der Waals surface area (Å²) in [5, 5.41) is 24.1. The standard InChI is InChI=1S/C17H25N6O10P/c1-2-30-16(26)17(34(27,28)29)32-5-7-9(24)10(25)15(33-7)23-6-20-8-11(18)21-12(22-13(8)23)14-19-3-4-31-14/h6-7,9-10,14-15,17,19,24-25H,2-5H2,1H3,(H2,18,21,22)(H2,27,28,29). The maximum atomic E-state index is 11.9. The van der Waals surface area contributed by atoms with E-state index in [2.05, 4.69) is 25.0 Å². The van der Waals surface area contributed by atoms with Crippen molar-refractivity contribution in [1.82, 2.24) is 24.8 Å². The molecule has 2 aliphatic heterocycles. The Labute approximate surface area is 192 Å². The van der Waals surface area contributed by atoms with Gasteiger partial charge in [0.1, 0.15) is 23.8 Å². The average Bonchev–Trinajstić information content (AvgIpc) is 3.49. The number of esters is 1. The van der Waals surface area contributed by atoms with Gasteiger partial charge in [0.2, 0.25) is 0 Å². The molecule has 6 atom stereocenters. The summed E-state index contributed by atoms with van der Waals surface area (Å²) in [6.45, 7) is 1.78. The molecule has 0 bridgehead atoms. The van der Waals surface area contributed by atoms with E-state index in [-0.39, 0.29) is 29.4 Å². The molecule has 0 aliphatic carbocycles. The number of carbonyl (C=O) groups is 1. The van der Waals surface area contributed by atoms with Crippen molar-refractivity contribution in [3.05, 3.63) is 12.2 Å². The van der Waals surface area contributed by atoms with Crippen LogP contribution in [0.4, 0.5) is 5.82 Å². The molecule has 0 radical (unpaired) electrons. The number of anilines is 1. The van der Waals surface area contributed by atoms with E-state index in [9.17, 15) is 29.4 Å². The minimum Gasteiger partial charge on any atom is -0.464 e. The molecule has 16 nitrogen and oxygen atoms in total. The Bertz CT molecular complexity index is 1090. The zero-order valence-corrected chi connectivity index (χ0v) is 18.8. The number of hydrogen-bond acceptors (Lipinski definition) is 13. The van der Waals surface area contributed by atoms with Crippen molar-refractivity contribution in [3.63, 3.8) is 0 Å². The smallest absolute Gasteiger partial charge is 0.365 e. The predicted molar refractivity (Wildman–Crippen MR) is 111 cm³/mol. The van der Waals surface area contributed by atoms with Gasteiger partial charge in [-0.3, -0.25) is 14.4 Å². The minimum atomic E-state index is -5.03. The summed E-state index contributed by atoms with van der Waals surface area (Å²) in [6.07, 6.45) is -4.76. The fourth-order valence-electron chi connectivity index (χ4n) is 3.65. The van der Waals surface area contributed by atoms with Crippen LogP contribution in [-0.4, -0.2) is 96.0 Å². The van der Waals surface area contributed by atoms with Crippen molar-refractivity contribution in [2.45, 2.75) is 43.5 Å². The molecular weight excluding hydrogens is 479 g/mol. The number of ether oxygens (including phenoxy) is 4. The Morgan fingerprint density at radius 1 is 1.38 bits per heavy atom. The summed E-state index contributed by atoms with van der Waals surface area (Å²) < 4.78 is 33.8. The Morgan fingerprint density at radius 2 is 2.15 bits per heavy atom. The second-order valence-corrected chi connectivity index (χ2v) is 9.22. The maximum Gasteiger partial charge on any atom is 0.365 e. The molecule has 17 heteroatoms. The highest BCUT2D eigenvalue weighted by Gasteiger charge is 2.46. The van der Waals surface area contributed by atoms with Crippen molar-refractivity contribution >= 4 is 30.5 Å². The number of nitrogens with zero attached hydrogens (tertiary/aromatic N) is 4. The summed E-state index contributed by atoms with van der Waals surface area (Å²) >= 11 is 0. The molecule has 7 N–H and O–H groups in total. The first kappa shape index (κ1) is 24.8. The van der Waals surface area contributed by atoms with Crippen molar-refractivity contribution in [3.8, 4) is 0 Å². The lowest BCUT2D eigenvalue weighted by Gasteiger charge is -2.21. The molecule has 34 heavy (non-hydrogen) atoms. The highest BCUT2D eigenvalue weighted by atomic mass is 31.2. The van der Waals surface area contributed by atoms with E-state index in [4.69, 9.17) is 19.9 Å². The van der Waals surface area contributed by atoms with Gasteiger partial charge in [0.05, 0.1) is 26.1 Å². The van der Waals surface area contributed by atoms with Gasteiger partial charge in [-0.15, -0.1) is 0 Å². The monoisotopic (exact) mass is 504 g/mol. The van der Waals surface area contributed by atoms with Gasteiger partial charge in [0.25, 0.3) is 5.85 Å². The van der Waals surface area contributed by atoms with Crippen LogP contribution < -0.4 is 11.1 Å². The van der Waals surface area contributed by atoms with Gasteiger partial charge in [-0.2, -0.15) is 0 Å². The van der Waals surface area contributed by atoms with Gasteiger partial charge >= 0.3 is 13.6 Å². The fourth-order valence-corrected chi connectivity index (χ4v) is 4.28. The van der Waals surface area contributed by atoms with Gasteiger partial charge in [-0.1, -0.05) is 0 Å². The van der Waals surface area contributed by atoms with Crippen molar-refractivity contribution in [1.29, 1.82) is 0 Å². The van der Waals surface area contributed by atoms with Crippen LogP contribution >= 0.6 is 7.60 Å². The van der Waals surface area contributed by atoms with E-state index in [0.717, 1.165) is 0 Å². The third-order valence-corrected chi connectivity index (χ3v) is 6.21. The zero-order valence-electron chi connectivity index (χ0n) is 17.9. The van der Waals surface area contributed by atoms with Crippen LogP contribution in [0.2, 0.25) is 0 Å². The third kappa shape index (κ3) is 4.77. The van der Waals surface area contributed by atoms with Gasteiger partial charge in [0.15, 0.2) is 29.7 Å². The Morgan fingerprint density at radius 3 is 2.79 bits per heavy atom. The van der Waals surface area contributed by atoms with Gasteiger partial charge in [-0.05, 0) is 6.92 Å². The molecule has 2 saturated heterocycles. The number of nitrogen functional groups attached to an aromatic ring is 1. The molecule has 6 unspecified atom stereocenters. The first-order valence-electron chi connectivity index (χ1n) is 10.3. The first-order valence-corrected chi connectivity index (χ1v) is 12.0. The quantitative estimate of drug-likeness (QED) is 0.164. The van der Waals surface area contributed by atoms with Crippen LogP contribution in [0.5, 0.6) is 0 Å². The third-order valence-electron chi connectivity index (χ3n) is 5.24. The number of hydrogen-bond donors (Lipinski definition) is 6. The van der Waals surface area contributed by atoms with E-state index >= 15 is 0 Å². The lowest BCUT2D eigenvalue weighted by molar-refractivity contribution is -0.155. The molecule has 0 aromatic carbocycles. The van der Waals surface area contributed by atoms with E-state index in [0.29, 0.717) is 13.2 Å². The number of imidazole rings is 1. The molecule has 188 valence electrons. The zero-order chi connectivity index (χ0) is 24.6. The molecule has 2 aliphatic rings. The number of carbonyl (C=O) groups excluding carboxylic acids is 1. The predicted octanol–water partition coefficient (Wildman–Crippen LogP) is -2.27. The summed E-state index contributed by atoms with van der Waals surface area (Å²) in [6, 6.07) is 0. The van der Waals surface area contributed by atoms with Crippen molar-refractivity contribution < 1.29 is 48.3 Å². The SMILES string of the molecule is CCOC(=O)C(OCC1OC(n2cnc3c(N)nc(C4NCCO4)nc32)C(O)C1O)P(=O)(O)O. The van der Waals surface area contributed by atoms with Gasteiger partial charge in [0, 0.05) is 6.54 Å². The number of aliphatic hydroxyl groups is 2. The lowest BCUT2D eigenvalue weighted by Crippen LogP contribution is -2.36. The Hall–Kier alpha value is -2.27. The second kappa shape index (κ2) is 9.77. The molecule has 0 amide bonds. The number of fused-ring (bicyclic) bond motifs is 1. The minimum absolute atomic E-state index is 0.0721. The number of nitrogens with one attached hydrogen (secondary N) is 1. The number of nitrogens with two attached hydrogens (primary N) is 1. The van der Waals surface area contributed by atoms with Crippen LogP contribution in [0.25, 0.3) is 11.2 Å². The van der Waals surface area contributed by atoms with Crippen molar-refractivity contribution in [2.24, 2.45) is 0 Å². The average molecular weight is 504 g/mol. The largest absolute Gasteiger partial charge is 0.464 e. The Balaban J connectivity index is 1.55. The molecular formula is C17H25N6O10P. The molecule has 2 fully saturated rings. The van der Waals surface area contributed by atoms with Crippen molar-refractivity contribution in [2.75, 3.05) is 32.1 Å². The molecule has 0 spiro atoms. The van der Waals surface area contributed by atoms with Crippen LogP contribution in [0.3, 0.4) is 0 Å². The van der Waals surface area contributed by atoms with E-state index in [1.54, 1.807) is 0 Å². The van der Waals surface area contributed by atoms with Gasteiger partial charge in [-0.25, -0.2) is 19.7 Å². The van der Waals surface area contributed by atoms with Crippen LogP contribution in [0, 0.1) is 0 Å². The number of rotatable bonds is 8. The lowest BCUT2D eigenvalue weighted by atomic mass is 10.1. The van der Waals surface area contributed by atoms with Crippen LogP contribution in [0.1, 0.15) is 25.2 Å². The topological polar surface area (TPSA) is 234 Å². The van der Waals surface area contributed by atoms with Gasteiger partial charge < -0.3 is 44.7 Å². The number of aromatic nitrogens is 4. The number of aliphatic hydroxyl groups excluding tert-OH is 2. The Kier molecular flexibility index (Phi) is 7.14. The summed E-state index contributed by atoms with van der Waals surface area (Å²) in [5.41, 5.74) is 6.44. The second-order valence-electron chi connectivity index (χ2n) is 7.57. The summed E-state index contributed by atoms with van der Waals surface area (Å²) in [5.74, 6) is -3.15. The summed E-state index contributed by atoms with van der Waals surface area (Å²) in [4.78, 5) is 43.4. The van der Waals surface area contributed by atoms with E-state index < -0.39 is 56.8 Å². The molecule has 2 aromatic rings. The highest BCUT2D eigenvalue weighted by Crippen LogP contribution is 2.43. The summed E-state index contributed by atoms with van der Waals surface area (Å²) in [7, 11) is -5.03. The molecule has 4 heterocycles.